The van der Waals surface area contributed by atoms with Crippen LogP contribution in [0.3, 0.4) is 0 Å². The van der Waals surface area contributed by atoms with E-state index in [9.17, 15) is 4.79 Å². The molecule has 0 aliphatic heterocycles. The Balaban J connectivity index is 1.49. The molecule has 2 aliphatic carbocycles. The van der Waals surface area contributed by atoms with E-state index in [0.29, 0.717) is 5.69 Å². The minimum absolute atomic E-state index is 0.176. The molecular weight excluding hydrogens is 300 g/mol. The lowest BCUT2D eigenvalue weighted by atomic mass is 9.70. The van der Waals surface area contributed by atoms with Crippen LogP contribution in [0.15, 0.2) is 29.5 Å². The van der Waals surface area contributed by atoms with E-state index in [1.54, 1.807) is 0 Å². The number of aromatic nitrogens is 2. The Morgan fingerprint density at radius 1 is 1.25 bits per heavy atom. The van der Waals surface area contributed by atoms with Crippen molar-refractivity contribution in [3.05, 3.63) is 35.8 Å². The Hall–Kier alpha value is -2.17. The summed E-state index contributed by atoms with van der Waals surface area (Å²) in [5, 5.41) is 4.45. The summed E-state index contributed by atoms with van der Waals surface area (Å²) >= 11 is 0. The Kier molecular flexibility index (Phi) is 4.08. The van der Waals surface area contributed by atoms with Crippen molar-refractivity contribution in [2.24, 2.45) is 16.9 Å². The molecule has 4 rings (SSSR count). The Morgan fingerprint density at radius 2 is 2.08 bits per heavy atom. The lowest BCUT2D eigenvalue weighted by Crippen LogP contribution is -2.30. The van der Waals surface area contributed by atoms with Gasteiger partial charge < -0.3 is 0 Å². The molecule has 0 spiro atoms. The summed E-state index contributed by atoms with van der Waals surface area (Å²) in [5.41, 5.74) is 6.01. The third-order valence-electron chi connectivity index (χ3n) is 5.60. The maximum absolute atomic E-state index is 12.6. The molecule has 2 saturated carbocycles. The first-order valence-corrected chi connectivity index (χ1v) is 9.02. The second-order valence-corrected chi connectivity index (χ2v) is 7.14. The fourth-order valence-corrected chi connectivity index (χ4v) is 4.36. The smallest absolute Gasteiger partial charge is 0.290 e. The molecule has 2 atom stereocenters. The normalized spacial score (nSPS) is 25.6. The van der Waals surface area contributed by atoms with Crippen molar-refractivity contribution < 1.29 is 4.79 Å². The van der Waals surface area contributed by atoms with Crippen molar-refractivity contribution in [2.75, 3.05) is 0 Å². The summed E-state index contributed by atoms with van der Waals surface area (Å²) in [6.45, 7) is 1.86. The van der Waals surface area contributed by atoms with Crippen LogP contribution in [0.25, 0.3) is 5.65 Å². The van der Waals surface area contributed by atoms with Gasteiger partial charge in [0.25, 0.3) is 5.91 Å². The molecule has 2 heterocycles. The molecule has 2 fully saturated rings. The van der Waals surface area contributed by atoms with Gasteiger partial charge in [-0.25, -0.2) is 10.4 Å². The van der Waals surface area contributed by atoms with Gasteiger partial charge in [-0.2, -0.15) is 5.10 Å². The van der Waals surface area contributed by atoms with Crippen LogP contribution in [-0.2, 0) is 0 Å². The van der Waals surface area contributed by atoms with E-state index in [2.05, 4.69) is 15.5 Å². The highest BCUT2D eigenvalue weighted by Crippen LogP contribution is 2.39. The quantitative estimate of drug-likeness (QED) is 0.856. The van der Waals surface area contributed by atoms with Gasteiger partial charge in [0.1, 0.15) is 11.3 Å². The Bertz CT molecular complexity index is 792. The number of hydrazone groups is 1. The summed E-state index contributed by atoms with van der Waals surface area (Å²) in [6.07, 6.45) is 10.6. The number of rotatable bonds is 2. The first-order valence-electron chi connectivity index (χ1n) is 9.02. The van der Waals surface area contributed by atoms with Crippen molar-refractivity contribution in [1.29, 1.82) is 0 Å². The third-order valence-corrected chi connectivity index (χ3v) is 5.60. The maximum atomic E-state index is 12.6. The van der Waals surface area contributed by atoms with Crippen LogP contribution < -0.4 is 5.43 Å². The zero-order chi connectivity index (χ0) is 16.5. The number of aryl methyl sites for hydroxylation is 1. The lowest BCUT2D eigenvalue weighted by Gasteiger charge is -2.35. The number of hydrogen-bond donors (Lipinski definition) is 1. The molecule has 0 radical (unpaired) electrons. The van der Waals surface area contributed by atoms with Gasteiger partial charge in [-0.05, 0) is 56.6 Å². The molecule has 2 aliphatic rings. The first-order chi connectivity index (χ1) is 11.7. The van der Waals surface area contributed by atoms with Crippen LogP contribution in [0.4, 0.5) is 0 Å². The number of carbonyl (C=O) groups is 1. The molecular formula is C19H24N4O. The van der Waals surface area contributed by atoms with Crippen LogP contribution in [0.1, 0.15) is 61.1 Å². The second-order valence-electron chi connectivity index (χ2n) is 7.14. The average Bonchev–Trinajstić information content (AvgIpc) is 2.95. The molecule has 0 aromatic carbocycles. The number of carbonyl (C=O) groups excluding carboxylic acids is 1. The number of hydrogen-bond acceptors (Lipinski definition) is 3. The largest absolute Gasteiger partial charge is 0.295 e. The molecule has 24 heavy (non-hydrogen) atoms. The number of nitrogens with zero attached hydrogens (tertiary/aromatic N) is 3. The van der Waals surface area contributed by atoms with E-state index in [4.69, 9.17) is 0 Å². The molecule has 1 N–H and O–H groups in total. The van der Waals surface area contributed by atoms with Crippen LogP contribution in [-0.4, -0.2) is 21.0 Å². The summed E-state index contributed by atoms with van der Waals surface area (Å²) in [4.78, 5) is 17.0. The predicted molar refractivity (Wildman–Crippen MR) is 94.1 cm³/mol. The van der Waals surface area contributed by atoms with Gasteiger partial charge in [0.15, 0.2) is 0 Å². The average molecular weight is 324 g/mol. The predicted octanol–water partition coefficient (Wildman–Crippen LogP) is 3.72. The highest BCUT2D eigenvalue weighted by Gasteiger charge is 2.30. The van der Waals surface area contributed by atoms with Crippen molar-refractivity contribution in [2.45, 2.75) is 51.9 Å². The standard InChI is InChI=1S/C19H24N4O/c1-13-18(23-11-5-4-8-17(23)20-13)19(24)22-21-16-10-9-14-6-2-3-7-15(14)12-16/h4-5,8,11,14-15H,2-3,6-7,9-10,12H2,1H3,(H,22,24)/b21-16-/t14-,15-/m1/s1. The van der Waals surface area contributed by atoms with Crippen molar-refractivity contribution in [1.82, 2.24) is 14.8 Å². The molecule has 0 unspecified atom stereocenters. The van der Waals surface area contributed by atoms with Gasteiger partial charge in [-0.1, -0.05) is 25.3 Å². The minimum atomic E-state index is -0.176. The second kappa shape index (κ2) is 6.38. The van der Waals surface area contributed by atoms with Gasteiger partial charge in [0.05, 0.1) is 5.69 Å². The van der Waals surface area contributed by atoms with Crippen LogP contribution >= 0.6 is 0 Å². The fraction of sp³-hybridized carbons (Fsp3) is 0.526. The van der Waals surface area contributed by atoms with Crippen LogP contribution in [0.5, 0.6) is 0 Å². The summed E-state index contributed by atoms with van der Waals surface area (Å²) < 4.78 is 1.82. The van der Waals surface area contributed by atoms with E-state index in [1.165, 1.54) is 32.1 Å². The van der Waals surface area contributed by atoms with Gasteiger partial charge in [-0.3, -0.25) is 9.20 Å². The van der Waals surface area contributed by atoms with E-state index < -0.39 is 0 Å². The summed E-state index contributed by atoms with van der Waals surface area (Å²) in [7, 11) is 0. The highest BCUT2D eigenvalue weighted by molar-refractivity contribution is 5.96. The summed E-state index contributed by atoms with van der Waals surface area (Å²) in [6, 6.07) is 5.73. The molecule has 5 heteroatoms. The molecule has 0 saturated heterocycles. The summed E-state index contributed by atoms with van der Waals surface area (Å²) in [5.74, 6) is 1.49. The number of pyridine rings is 1. The van der Waals surface area contributed by atoms with E-state index >= 15 is 0 Å². The number of nitrogens with one attached hydrogen (secondary N) is 1. The monoisotopic (exact) mass is 324 g/mol. The van der Waals surface area contributed by atoms with E-state index in [1.807, 2.05) is 35.7 Å². The number of amides is 1. The van der Waals surface area contributed by atoms with Gasteiger partial charge in [-0.15, -0.1) is 0 Å². The van der Waals surface area contributed by atoms with Crippen LogP contribution in [0.2, 0.25) is 0 Å². The molecule has 5 nitrogen and oxygen atoms in total. The van der Waals surface area contributed by atoms with Crippen molar-refractivity contribution in [3.63, 3.8) is 0 Å². The van der Waals surface area contributed by atoms with Crippen molar-refractivity contribution >= 4 is 17.3 Å². The van der Waals surface area contributed by atoms with Crippen LogP contribution in [0, 0.1) is 18.8 Å². The van der Waals surface area contributed by atoms with Gasteiger partial charge in [0.2, 0.25) is 0 Å². The number of fused-ring (bicyclic) bond motifs is 2. The maximum Gasteiger partial charge on any atom is 0.290 e. The SMILES string of the molecule is Cc1nc2ccccn2c1C(=O)N/N=C1/CC[C@H]2CCCC[C@@H]2C1. The first kappa shape index (κ1) is 15.4. The zero-order valence-corrected chi connectivity index (χ0v) is 14.2. The van der Waals surface area contributed by atoms with Gasteiger partial charge >= 0.3 is 0 Å². The highest BCUT2D eigenvalue weighted by atomic mass is 16.2. The van der Waals surface area contributed by atoms with Crippen molar-refractivity contribution in [3.8, 4) is 0 Å². The Morgan fingerprint density at radius 3 is 2.96 bits per heavy atom. The fourth-order valence-electron chi connectivity index (χ4n) is 4.36. The van der Waals surface area contributed by atoms with Gasteiger partial charge in [0, 0.05) is 11.9 Å². The molecule has 1 amide bonds. The topological polar surface area (TPSA) is 58.8 Å². The molecule has 2 aromatic heterocycles. The van der Waals surface area contributed by atoms with E-state index in [-0.39, 0.29) is 5.91 Å². The number of imidazole rings is 1. The van der Waals surface area contributed by atoms with E-state index in [0.717, 1.165) is 41.7 Å². The zero-order valence-electron chi connectivity index (χ0n) is 14.2. The minimum Gasteiger partial charge on any atom is -0.295 e. The lowest BCUT2D eigenvalue weighted by molar-refractivity contribution is 0.0947. The molecule has 126 valence electrons. The third kappa shape index (κ3) is 2.83. The molecule has 2 aromatic rings. The molecule has 0 bridgehead atoms. The Labute approximate surface area is 142 Å².